The van der Waals surface area contributed by atoms with E-state index in [0.29, 0.717) is 10.6 Å². The zero-order valence-corrected chi connectivity index (χ0v) is 14.7. The zero-order valence-electron chi connectivity index (χ0n) is 13.9. The van der Waals surface area contributed by atoms with E-state index in [2.05, 4.69) is 10.4 Å². The second-order valence-corrected chi connectivity index (χ2v) is 6.20. The molecular weight excluding hydrogens is 354 g/mol. The molecule has 26 heavy (non-hydrogen) atoms. The first-order chi connectivity index (χ1) is 12.4. The van der Waals surface area contributed by atoms with Crippen LogP contribution in [0.3, 0.4) is 0 Å². The smallest absolute Gasteiger partial charge is 0.356 e. The van der Waals surface area contributed by atoms with Crippen molar-refractivity contribution in [1.82, 2.24) is 9.78 Å². The fraction of sp³-hybridized carbons (Fsp3) is 0.105. The first-order valence-electron chi connectivity index (χ1n) is 7.86. The van der Waals surface area contributed by atoms with Gasteiger partial charge in [-0.1, -0.05) is 47.5 Å². The van der Waals surface area contributed by atoms with E-state index in [9.17, 15) is 14.7 Å². The number of aryl methyl sites for hydroxylation is 1. The van der Waals surface area contributed by atoms with Crippen LogP contribution in [0.5, 0.6) is 0 Å². The van der Waals surface area contributed by atoms with E-state index in [1.165, 1.54) is 10.7 Å². The van der Waals surface area contributed by atoms with Gasteiger partial charge < -0.3 is 10.4 Å². The average Bonchev–Trinajstić information content (AvgIpc) is 3.00. The summed E-state index contributed by atoms with van der Waals surface area (Å²) < 4.78 is 1.41. The van der Waals surface area contributed by atoms with E-state index in [1.807, 2.05) is 31.2 Å². The molecule has 1 heterocycles. The molecule has 7 heteroatoms. The molecule has 0 unspecified atom stereocenters. The van der Waals surface area contributed by atoms with Gasteiger partial charge in [-0.15, -0.1) is 0 Å². The molecule has 0 atom stereocenters. The summed E-state index contributed by atoms with van der Waals surface area (Å²) in [5, 5.41) is 16.5. The molecule has 6 nitrogen and oxygen atoms in total. The van der Waals surface area contributed by atoms with Gasteiger partial charge in [-0.25, -0.2) is 9.48 Å². The second kappa shape index (κ2) is 7.41. The van der Waals surface area contributed by atoms with Gasteiger partial charge in [0, 0.05) is 16.7 Å². The van der Waals surface area contributed by atoms with Gasteiger partial charge in [0.2, 0.25) is 0 Å². The lowest BCUT2D eigenvalue weighted by atomic mass is 10.1. The molecule has 1 amide bonds. The molecule has 0 saturated heterocycles. The van der Waals surface area contributed by atoms with Crippen LogP contribution in [-0.4, -0.2) is 26.8 Å². The second-order valence-electron chi connectivity index (χ2n) is 5.79. The third-order valence-corrected chi connectivity index (χ3v) is 4.20. The Balaban J connectivity index is 1.90. The molecule has 3 aromatic rings. The Hall–Kier alpha value is -3.12. The number of rotatable bonds is 5. The van der Waals surface area contributed by atoms with E-state index in [-0.39, 0.29) is 24.0 Å². The van der Waals surface area contributed by atoms with E-state index in [4.69, 9.17) is 11.6 Å². The molecule has 0 aliphatic carbocycles. The van der Waals surface area contributed by atoms with Crippen LogP contribution in [0.4, 0.5) is 5.82 Å². The molecule has 132 valence electrons. The third-order valence-electron chi connectivity index (χ3n) is 3.83. The van der Waals surface area contributed by atoms with Crippen LogP contribution in [0.15, 0.2) is 54.6 Å². The maximum atomic E-state index is 12.5. The summed E-state index contributed by atoms with van der Waals surface area (Å²) >= 11 is 6.17. The summed E-state index contributed by atoms with van der Waals surface area (Å²) in [6.07, 6.45) is 0. The minimum absolute atomic E-state index is 0.156. The molecule has 3 rings (SSSR count). The third kappa shape index (κ3) is 3.92. The molecule has 0 saturated carbocycles. The SMILES string of the molecule is Cc1ccc(C(=O)Nc2cc(C(=O)O)nn2Cc2ccccc2Cl)cc1. The van der Waals surface area contributed by atoms with Crippen molar-refractivity contribution in [2.75, 3.05) is 5.32 Å². The van der Waals surface area contributed by atoms with Crippen LogP contribution in [0, 0.1) is 6.92 Å². The Morgan fingerprint density at radius 3 is 2.50 bits per heavy atom. The fourth-order valence-corrected chi connectivity index (χ4v) is 2.62. The van der Waals surface area contributed by atoms with Crippen LogP contribution in [0.2, 0.25) is 5.02 Å². The molecule has 2 aromatic carbocycles. The van der Waals surface area contributed by atoms with E-state index >= 15 is 0 Å². The van der Waals surface area contributed by atoms with Gasteiger partial charge in [-0.3, -0.25) is 4.79 Å². The van der Waals surface area contributed by atoms with E-state index < -0.39 is 5.97 Å². The van der Waals surface area contributed by atoms with Crippen molar-refractivity contribution in [2.24, 2.45) is 0 Å². The minimum Gasteiger partial charge on any atom is -0.476 e. The lowest BCUT2D eigenvalue weighted by Gasteiger charge is -2.10. The Morgan fingerprint density at radius 2 is 1.85 bits per heavy atom. The van der Waals surface area contributed by atoms with Crippen molar-refractivity contribution in [1.29, 1.82) is 0 Å². The number of hydrogen-bond donors (Lipinski definition) is 2. The van der Waals surface area contributed by atoms with Crippen LogP contribution < -0.4 is 5.32 Å². The summed E-state index contributed by atoms with van der Waals surface area (Å²) in [7, 11) is 0. The van der Waals surface area contributed by atoms with Crippen molar-refractivity contribution in [3.8, 4) is 0 Å². The van der Waals surface area contributed by atoms with Crippen molar-refractivity contribution < 1.29 is 14.7 Å². The summed E-state index contributed by atoms with van der Waals surface area (Å²) in [6.45, 7) is 2.16. The van der Waals surface area contributed by atoms with Gasteiger partial charge in [-0.2, -0.15) is 5.10 Å². The number of anilines is 1. The Labute approximate surface area is 155 Å². The summed E-state index contributed by atoms with van der Waals surface area (Å²) in [5.74, 6) is -1.23. The first kappa shape index (κ1) is 17.7. The highest BCUT2D eigenvalue weighted by Crippen LogP contribution is 2.20. The fourth-order valence-electron chi connectivity index (χ4n) is 2.42. The highest BCUT2D eigenvalue weighted by atomic mass is 35.5. The number of halogens is 1. The number of amides is 1. The van der Waals surface area contributed by atoms with Crippen LogP contribution in [0.1, 0.15) is 32.0 Å². The number of aromatic carboxylic acids is 1. The Morgan fingerprint density at radius 1 is 1.15 bits per heavy atom. The standard InChI is InChI=1S/C19H16ClN3O3/c1-12-6-8-13(9-7-12)18(24)21-17-10-16(19(25)26)22-23(17)11-14-4-2-3-5-15(14)20/h2-10H,11H2,1H3,(H,21,24)(H,25,26). The zero-order chi connectivity index (χ0) is 18.7. The number of nitrogens with one attached hydrogen (secondary N) is 1. The Kier molecular flexibility index (Phi) is 5.04. The maximum absolute atomic E-state index is 12.5. The number of benzene rings is 2. The number of carbonyl (C=O) groups is 2. The Bertz CT molecular complexity index is 964. The lowest BCUT2D eigenvalue weighted by molar-refractivity contribution is 0.0689. The van der Waals surface area contributed by atoms with Crippen molar-refractivity contribution in [3.05, 3.63) is 82.0 Å². The van der Waals surface area contributed by atoms with Gasteiger partial charge in [0.1, 0.15) is 5.82 Å². The van der Waals surface area contributed by atoms with Gasteiger partial charge in [-0.05, 0) is 30.7 Å². The molecular formula is C19H16ClN3O3. The van der Waals surface area contributed by atoms with Gasteiger partial charge in [0.05, 0.1) is 6.54 Å². The number of carboxylic acid groups (broad SMARTS) is 1. The highest BCUT2D eigenvalue weighted by molar-refractivity contribution is 6.31. The molecule has 0 radical (unpaired) electrons. The molecule has 0 fully saturated rings. The molecule has 0 bridgehead atoms. The molecule has 0 aliphatic rings. The van der Waals surface area contributed by atoms with Gasteiger partial charge in [0.25, 0.3) is 5.91 Å². The first-order valence-corrected chi connectivity index (χ1v) is 8.24. The summed E-state index contributed by atoms with van der Waals surface area (Å²) in [4.78, 5) is 23.7. The number of nitrogens with zero attached hydrogens (tertiary/aromatic N) is 2. The average molecular weight is 370 g/mol. The topological polar surface area (TPSA) is 84.2 Å². The van der Waals surface area contributed by atoms with Crippen LogP contribution >= 0.6 is 11.6 Å². The van der Waals surface area contributed by atoms with Crippen molar-refractivity contribution >= 4 is 29.3 Å². The normalized spacial score (nSPS) is 10.5. The number of aromatic nitrogens is 2. The van der Waals surface area contributed by atoms with Crippen molar-refractivity contribution in [2.45, 2.75) is 13.5 Å². The minimum atomic E-state index is -1.17. The van der Waals surface area contributed by atoms with Gasteiger partial charge >= 0.3 is 5.97 Å². The van der Waals surface area contributed by atoms with Crippen LogP contribution in [0.25, 0.3) is 0 Å². The predicted molar refractivity (Wildman–Crippen MR) is 98.9 cm³/mol. The summed E-state index contributed by atoms with van der Waals surface area (Å²) in [5.41, 5.74) is 2.12. The number of hydrogen-bond acceptors (Lipinski definition) is 3. The monoisotopic (exact) mass is 369 g/mol. The lowest BCUT2D eigenvalue weighted by Crippen LogP contribution is -2.16. The predicted octanol–water partition coefficient (Wildman–Crippen LogP) is 3.84. The molecule has 0 aliphatic heterocycles. The van der Waals surface area contributed by atoms with E-state index in [0.717, 1.165) is 11.1 Å². The van der Waals surface area contributed by atoms with Crippen LogP contribution in [-0.2, 0) is 6.54 Å². The maximum Gasteiger partial charge on any atom is 0.356 e. The highest BCUT2D eigenvalue weighted by Gasteiger charge is 2.17. The summed E-state index contributed by atoms with van der Waals surface area (Å²) in [6, 6.07) is 15.6. The molecule has 2 N–H and O–H groups in total. The van der Waals surface area contributed by atoms with Gasteiger partial charge in [0.15, 0.2) is 5.69 Å². The largest absolute Gasteiger partial charge is 0.476 e. The number of carbonyl (C=O) groups excluding carboxylic acids is 1. The van der Waals surface area contributed by atoms with E-state index in [1.54, 1.807) is 24.3 Å². The van der Waals surface area contributed by atoms with Crippen molar-refractivity contribution in [3.63, 3.8) is 0 Å². The quantitative estimate of drug-likeness (QED) is 0.715. The molecule has 1 aromatic heterocycles. The number of carboxylic acids is 1. The molecule has 0 spiro atoms.